The average Bonchev–Trinajstić information content (AvgIpc) is 1.69. The van der Waals surface area contributed by atoms with Crippen LogP contribution < -0.4 is 36.6 Å². The number of thiazole rings is 1. The number of aliphatic hydroxyl groups is 1. The highest BCUT2D eigenvalue weighted by Gasteiger charge is 2.47. The third-order valence-electron chi connectivity index (χ3n) is 16.6. The predicted octanol–water partition coefficient (Wildman–Crippen LogP) is 6.61. The number of H-pyrrole nitrogens is 1. The van der Waals surface area contributed by atoms with Gasteiger partial charge in [-0.25, -0.2) is 4.98 Å². The quantitative estimate of drug-likeness (QED) is 0.0228. The summed E-state index contributed by atoms with van der Waals surface area (Å²) in [7, 11) is -5.06. The monoisotopic (exact) mass is 1240 g/mol. The molecule has 1 saturated heterocycles. The number of unbranched alkanes of at least 4 members (excludes halogenated alkanes) is 2. The number of nitrogens with zero attached hydrogens (tertiary/aromatic N) is 3. The number of rotatable bonds is 24. The zero-order valence-corrected chi connectivity index (χ0v) is 51.8. The van der Waals surface area contributed by atoms with Crippen molar-refractivity contribution in [3.63, 3.8) is 0 Å². The van der Waals surface area contributed by atoms with Crippen molar-refractivity contribution in [2.24, 2.45) is 11.1 Å². The van der Waals surface area contributed by atoms with E-state index >= 15 is 0 Å². The molecule has 6 aromatic rings. The number of aryl methyl sites for hydroxylation is 3. The summed E-state index contributed by atoms with van der Waals surface area (Å²) in [6.45, 7) is 11.1. The number of aromatic nitrogens is 2. The molecule has 1 fully saturated rings. The van der Waals surface area contributed by atoms with Crippen LogP contribution in [0.1, 0.15) is 141 Å². The van der Waals surface area contributed by atoms with Gasteiger partial charge in [0.2, 0.25) is 35.4 Å². The van der Waals surface area contributed by atoms with Crippen molar-refractivity contribution in [1.82, 2.24) is 36.1 Å². The number of anilines is 1. The first-order chi connectivity index (χ1) is 41.7. The van der Waals surface area contributed by atoms with Crippen molar-refractivity contribution in [3.8, 4) is 16.2 Å². The van der Waals surface area contributed by atoms with Crippen molar-refractivity contribution in [2.45, 2.75) is 161 Å². The Labute approximate surface area is 513 Å². The third kappa shape index (κ3) is 15.1. The van der Waals surface area contributed by atoms with E-state index in [0.717, 1.165) is 44.8 Å². The van der Waals surface area contributed by atoms with Crippen LogP contribution in [0.4, 0.5) is 5.69 Å². The van der Waals surface area contributed by atoms with E-state index in [1.807, 2.05) is 95.3 Å². The summed E-state index contributed by atoms with van der Waals surface area (Å²) in [6, 6.07) is 21.2. The highest BCUT2D eigenvalue weighted by molar-refractivity contribution is 7.70. The molecule has 5 heterocycles. The molecule has 9 rings (SSSR count). The smallest absolute Gasteiger partial charge is 0.396 e. The molecule has 0 saturated carbocycles. The van der Waals surface area contributed by atoms with E-state index in [1.165, 1.54) is 34.1 Å². The largest absolute Gasteiger partial charge is 0.489 e. The topological polar surface area (TPSA) is 333 Å². The number of primary amides is 1. The van der Waals surface area contributed by atoms with E-state index in [9.17, 15) is 57.8 Å². The van der Waals surface area contributed by atoms with Gasteiger partial charge in [0, 0.05) is 48.7 Å². The minimum atomic E-state index is -5.06. The Balaban J connectivity index is 0.769. The van der Waals surface area contributed by atoms with Crippen molar-refractivity contribution >= 4 is 82.4 Å². The maximum atomic E-state index is 14.6. The molecule has 0 bridgehead atoms. The number of β-amino-alcohol motifs (C(OH)–C–C–N with tert-alkyl or cyclic N) is 1. The van der Waals surface area contributed by atoms with Gasteiger partial charge in [-0.2, -0.15) is 0 Å². The fourth-order valence-corrected chi connectivity index (χ4v) is 13.2. The fourth-order valence-electron chi connectivity index (χ4n) is 11.9. The Kier molecular flexibility index (Phi) is 19.8. The molecular weight excluding hydrogens is 1170 g/mol. The Morgan fingerprint density at radius 3 is 2.31 bits per heavy atom. The maximum Gasteiger partial charge on any atom is 0.396 e. The Morgan fingerprint density at radius 2 is 1.60 bits per heavy atom. The van der Waals surface area contributed by atoms with Crippen LogP contribution in [0.15, 0.2) is 96.5 Å². The highest BCUT2D eigenvalue weighted by Crippen LogP contribution is 2.41. The van der Waals surface area contributed by atoms with Gasteiger partial charge in [0.15, 0.2) is 0 Å². The van der Waals surface area contributed by atoms with Crippen molar-refractivity contribution in [1.29, 1.82) is 0 Å². The highest BCUT2D eigenvalue weighted by atomic mass is 32.1. The molecule has 466 valence electrons. The zero-order valence-electron chi connectivity index (χ0n) is 50.0. The van der Waals surface area contributed by atoms with Crippen molar-refractivity contribution in [3.05, 3.63) is 136 Å². The molecule has 8 atom stereocenters. The van der Waals surface area contributed by atoms with Crippen LogP contribution in [0.2, 0.25) is 0 Å². The molecule has 88 heavy (non-hydrogen) atoms. The van der Waals surface area contributed by atoms with Gasteiger partial charge >= 0.3 is 7.60 Å². The van der Waals surface area contributed by atoms with E-state index in [4.69, 9.17) is 10.5 Å². The van der Waals surface area contributed by atoms with Gasteiger partial charge in [-0.05, 0) is 129 Å². The van der Waals surface area contributed by atoms with Crippen molar-refractivity contribution in [2.75, 3.05) is 11.4 Å². The predicted molar refractivity (Wildman–Crippen MR) is 331 cm³/mol. The molecule has 0 aliphatic carbocycles. The van der Waals surface area contributed by atoms with Crippen LogP contribution in [0.3, 0.4) is 0 Å². The SMILES string of the molecule is Cc1ncsc1-c1ccc([C@H](C)NC(=O)[C@@H]2C[C@@H](O)CN2C(=O)[C@@H](NC(=O)CCCCCc2cccc(O[C@H](C)[C@H](CCC(N)=O)NC(=O)[C@@H]3Cc4cccc5c4N3C(=O)[C@@H](NC(=O)c3cc4cc(C(=O)P(=O)(O)O)ccc4[nH]3)CC5)c2)C(C)(C)C)cc1. The van der Waals surface area contributed by atoms with Crippen molar-refractivity contribution < 1.29 is 62.6 Å². The van der Waals surface area contributed by atoms with E-state index in [0.29, 0.717) is 48.0 Å². The summed E-state index contributed by atoms with van der Waals surface area (Å²) in [6.07, 6.45) is 2.09. The lowest BCUT2D eigenvalue weighted by Gasteiger charge is -2.35. The lowest BCUT2D eigenvalue weighted by atomic mass is 9.85. The number of nitrogens with two attached hydrogens (primary N) is 1. The number of fused-ring (bicyclic) bond motifs is 1. The Bertz CT molecular complexity index is 3690. The number of para-hydroxylation sites is 1. The standard InChI is InChI=1S/C64H76N9O13PS/c1-35(39-18-20-41(21-19-39)56-36(2)66-34-88-56)67-59(78)51-32-45(74)33-72(51)62(81)57(64(4,5)6)71-54(76)17-9-7-8-12-38-13-10-16-46(28-38)86-37(3)47(26-27-53(65)75)69-60(79)52-31-42-15-11-14-40-22-25-49(61(80)73(52)55(40)42)70-58(77)50-30-44-29-43(23-24-48(44)68-50)63(82)87(83,84)85/h10-11,13-16,18-21,23-24,28-30,34-35,37,45,47,49,51-52,57,68,74H,7-9,12,17,22,25-27,31-33H2,1-6H3,(H2,65,75)(H,67,78)(H,69,79)(H,70,77)(H,71,76)(H2,83,84,85)/t35-,37+,45+,47-,49-,51-,52-,57+/m0/s1. The van der Waals surface area contributed by atoms with E-state index < -0.39 is 90.5 Å². The van der Waals surface area contributed by atoms with Crippen LogP contribution in [0, 0.1) is 12.3 Å². The molecule has 0 spiro atoms. The minimum Gasteiger partial charge on any atom is -0.489 e. The second-order valence-corrected chi connectivity index (χ2v) is 26.6. The number of ether oxygens (including phenoxy) is 1. The molecule has 10 N–H and O–H groups in total. The molecule has 7 amide bonds. The first kappa shape index (κ1) is 64.4. The first-order valence-corrected chi connectivity index (χ1v) is 32.1. The number of benzene rings is 4. The summed E-state index contributed by atoms with van der Waals surface area (Å²) in [5.74, 6) is -2.86. The normalized spacial score (nSPS) is 18.8. The van der Waals surface area contributed by atoms with Gasteiger partial charge in [-0.15, -0.1) is 11.3 Å². The van der Waals surface area contributed by atoms with Gasteiger partial charge in [-0.1, -0.05) is 81.8 Å². The number of aliphatic hydroxyl groups excluding tert-OH is 1. The molecule has 2 aromatic heterocycles. The van der Waals surface area contributed by atoms with E-state index in [1.54, 1.807) is 29.8 Å². The zero-order chi connectivity index (χ0) is 63.4. The van der Waals surface area contributed by atoms with Crippen LogP contribution in [-0.4, -0.2) is 126 Å². The Morgan fingerprint density at radius 1 is 0.875 bits per heavy atom. The molecule has 0 unspecified atom stereocenters. The number of hydrogen-bond donors (Lipinski definition) is 9. The number of hydrogen-bond acceptors (Lipinski definition) is 13. The van der Waals surface area contributed by atoms with Gasteiger partial charge in [0.1, 0.15) is 41.7 Å². The van der Waals surface area contributed by atoms with Gasteiger partial charge in [0.25, 0.3) is 11.4 Å². The third-order valence-corrected chi connectivity index (χ3v) is 18.4. The van der Waals surface area contributed by atoms with Gasteiger partial charge in [-0.3, -0.25) is 47.8 Å². The molecule has 4 aromatic carbocycles. The minimum absolute atomic E-state index is 0.0332. The van der Waals surface area contributed by atoms with Gasteiger partial charge < -0.3 is 56.5 Å². The van der Waals surface area contributed by atoms with Crippen LogP contribution in [0.25, 0.3) is 21.3 Å². The molecule has 24 heteroatoms. The molecule has 3 aliphatic rings. The molecule has 3 aliphatic heterocycles. The number of likely N-dealkylation sites (tertiary alicyclic amines) is 1. The summed E-state index contributed by atoms with van der Waals surface area (Å²) in [4.78, 5) is 139. The second-order valence-electron chi connectivity index (χ2n) is 24.3. The molecule has 0 radical (unpaired) electrons. The van der Waals surface area contributed by atoms with Gasteiger partial charge in [0.05, 0.1) is 40.0 Å². The van der Waals surface area contributed by atoms with E-state index in [2.05, 4.69) is 31.2 Å². The van der Waals surface area contributed by atoms with Crippen LogP contribution in [-0.2, 0) is 52.6 Å². The number of amides is 7. The molecular formula is C64H76N9O13PS. The maximum absolute atomic E-state index is 14.6. The number of nitrogens with one attached hydrogen (secondary N) is 5. The van der Waals surface area contributed by atoms with E-state index in [-0.39, 0.29) is 74.2 Å². The number of carbonyl (C=O) groups excluding carboxylic acids is 8. The Hall–Kier alpha value is -8.08. The van der Waals surface area contributed by atoms with Crippen LogP contribution in [0.5, 0.6) is 5.75 Å². The first-order valence-electron chi connectivity index (χ1n) is 29.6. The second kappa shape index (κ2) is 27.1. The summed E-state index contributed by atoms with van der Waals surface area (Å²) in [5, 5.41) is 23.0. The number of carbonyl (C=O) groups is 8. The summed E-state index contributed by atoms with van der Waals surface area (Å²) in [5.41, 5.74) is 11.6. The fraction of sp³-hybridized carbons (Fsp3) is 0.422. The summed E-state index contributed by atoms with van der Waals surface area (Å²) < 4.78 is 18.1. The summed E-state index contributed by atoms with van der Waals surface area (Å²) >= 11 is 1.56. The average molecular weight is 1240 g/mol. The lowest BCUT2D eigenvalue weighted by molar-refractivity contribution is -0.144. The lowest BCUT2D eigenvalue weighted by Crippen LogP contribution is -2.57. The van der Waals surface area contributed by atoms with Crippen LogP contribution >= 0.6 is 18.9 Å². The number of aromatic amines is 1. The molecule has 22 nitrogen and oxygen atoms in total.